The van der Waals surface area contributed by atoms with Crippen molar-refractivity contribution in [2.45, 2.75) is 26.7 Å². The van der Waals surface area contributed by atoms with Gasteiger partial charge >= 0.3 is 0 Å². The van der Waals surface area contributed by atoms with Crippen molar-refractivity contribution in [2.75, 3.05) is 12.5 Å². The zero-order chi connectivity index (χ0) is 14.7. The van der Waals surface area contributed by atoms with Crippen molar-refractivity contribution >= 4 is 5.82 Å². The minimum absolute atomic E-state index is 0.275. The average molecular weight is 274 g/mol. The van der Waals surface area contributed by atoms with E-state index in [2.05, 4.69) is 39.4 Å². The monoisotopic (exact) mass is 274 g/mol. The number of nitrogens with zero attached hydrogens (tertiary/aromatic N) is 4. The minimum Gasteiger partial charge on any atom is -0.480 e. The number of hydrogen-bond acceptors (Lipinski definition) is 7. The van der Waals surface area contributed by atoms with Crippen LogP contribution in [0.3, 0.4) is 0 Å². The first-order valence-electron chi connectivity index (χ1n) is 6.30. The molecule has 2 aromatic heterocycles. The van der Waals surface area contributed by atoms with Gasteiger partial charge < -0.3 is 10.2 Å². The molecule has 106 valence electrons. The van der Waals surface area contributed by atoms with E-state index >= 15 is 0 Å². The molecule has 0 fully saturated rings. The molecule has 2 rings (SSSR count). The first kappa shape index (κ1) is 14.1. The number of nitrogens with one attached hydrogen (secondary N) is 1. The van der Waals surface area contributed by atoms with Crippen molar-refractivity contribution in [1.82, 2.24) is 20.2 Å². The molecule has 0 radical (unpaired) electrons. The van der Waals surface area contributed by atoms with Crippen LogP contribution in [0.25, 0.3) is 11.5 Å². The summed E-state index contributed by atoms with van der Waals surface area (Å²) >= 11 is 0. The molecule has 0 aliphatic heterocycles. The van der Waals surface area contributed by atoms with Crippen LogP contribution in [0.5, 0.6) is 5.88 Å². The van der Waals surface area contributed by atoms with Crippen molar-refractivity contribution < 1.29 is 4.74 Å². The van der Waals surface area contributed by atoms with E-state index in [1.807, 2.05) is 6.92 Å². The van der Waals surface area contributed by atoms with Gasteiger partial charge in [0.1, 0.15) is 11.5 Å². The number of methoxy groups -OCH3 is 1. The highest BCUT2D eigenvalue weighted by molar-refractivity contribution is 5.56. The van der Waals surface area contributed by atoms with Gasteiger partial charge in [-0.1, -0.05) is 13.8 Å². The lowest BCUT2D eigenvalue weighted by molar-refractivity contribution is 0.392. The maximum Gasteiger partial charge on any atom is 0.233 e. The number of ether oxygens (including phenoxy) is 1. The first-order chi connectivity index (χ1) is 9.56. The Morgan fingerprint density at radius 3 is 2.45 bits per heavy atom. The number of aromatic nitrogens is 4. The lowest BCUT2D eigenvalue weighted by Gasteiger charge is -2.15. The number of nitrogens with two attached hydrogens (primary N) is 1. The van der Waals surface area contributed by atoms with Crippen molar-refractivity contribution in [3.8, 4) is 17.4 Å². The highest BCUT2D eigenvalue weighted by atomic mass is 16.5. The molecule has 2 aromatic rings. The zero-order valence-electron chi connectivity index (χ0n) is 12.0. The molecule has 0 aromatic carbocycles. The van der Waals surface area contributed by atoms with E-state index in [-0.39, 0.29) is 5.92 Å². The standard InChI is InChI=1S/C13H18N6O/c1-7(2)11-8(3)15-12(16-13(11)17-14)9-5-6-10(20-4)19-18-9/h5-7H,14H2,1-4H3,(H,15,16,17). The van der Waals surface area contributed by atoms with E-state index in [1.165, 1.54) is 7.11 Å². The summed E-state index contributed by atoms with van der Waals surface area (Å²) in [6.07, 6.45) is 0. The van der Waals surface area contributed by atoms with Crippen molar-refractivity contribution in [3.63, 3.8) is 0 Å². The predicted octanol–water partition coefficient (Wildman–Crippen LogP) is 1.66. The van der Waals surface area contributed by atoms with Crippen LogP contribution >= 0.6 is 0 Å². The third kappa shape index (κ3) is 2.67. The molecule has 7 nitrogen and oxygen atoms in total. The van der Waals surface area contributed by atoms with Gasteiger partial charge in [-0.25, -0.2) is 15.8 Å². The van der Waals surface area contributed by atoms with Gasteiger partial charge in [0.25, 0.3) is 0 Å². The van der Waals surface area contributed by atoms with Crippen LogP contribution in [-0.4, -0.2) is 27.3 Å². The largest absolute Gasteiger partial charge is 0.480 e. The predicted molar refractivity (Wildman–Crippen MR) is 76.2 cm³/mol. The molecule has 0 saturated heterocycles. The fraction of sp³-hybridized carbons (Fsp3) is 0.385. The van der Waals surface area contributed by atoms with Gasteiger partial charge in [0.05, 0.1) is 7.11 Å². The number of hydrogen-bond donors (Lipinski definition) is 2. The molecule has 7 heteroatoms. The molecular formula is C13H18N6O. The third-order valence-electron chi connectivity index (χ3n) is 2.93. The van der Waals surface area contributed by atoms with Crippen LogP contribution in [0.15, 0.2) is 12.1 Å². The Labute approximate surface area is 117 Å². The molecule has 0 unspecified atom stereocenters. The molecule has 2 heterocycles. The SMILES string of the molecule is COc1ccc(-c2nc(C)c(C(C)C)c(NN)n2)nn1. The van der Waals surface area contributed by atoms with Gasteiger partial charge in [0, 0.05) is 17.3 Å². The average Bonchev–Trinajstić information content (AvgIpc) is 2.46. The Morgan fingerprint density at radius 1 is 1.20 bits per heavy atom. The van der Waals surface area contributed by atoms with Gasteiger partial charge in [0.2, 0.25) is 5.88 Å². The van der Waals surface area contributed by atoms with Crippen LogP contribution in [0.1, 0.15) is 31.0 Å². The Hall–Kier alpha value is -2.28. The normalized spacial score (nSPS) is 10.7. The van der Waals surface area contributed by atoms with Gasteiger partial charge in [0.15, 0.2) is 5.82 Å². The van der Waals surface area contributed by atoms with E-state index in [0.29, 0.717) is 23.2 Å². The van der Waals surface area contributed by atoms with Crippen LogP contribution in [-0.2, 0) is 0 Å². The van der Waals surface area contributed by atoms with E-state index in [0.717, 1.165) is 11.3 Å². The summed E-state index contributed by atoms with van der Waals surface area (Å²) in [6.45, 7) is 6.07. The van der Waals surface area contributed by atoms with E-state index in [4.69, 9.17) is 10.6 Å². The summed E-state index contributed by atoms with van der Waals surface area (Å²) in [6, 6.07) is 3.48. The lowest BCUT2D eigenvalue weighted by Crippen LogP contribution is -2.15. The minimum atomic E-state index is 0.275. The van der Waals surface area contributed by atoms with Crippen molar-refractivity contribution in [3.05, 3.63) is 23.4 Å². The smallest absolute Gasteiger partial charge is 0.233 e. The Morgan fingerprint density at radius 2 is 1.95 bits per heavy atom. The molecule has 0 bridgehead atoms. The highest BCUT2D eigenvalue weighted by Crippen LogP contribution is 2.27. The van der Waals surface area contributed by atoms with Crippen LogP contribution < -0.4 is 16.0 Å². The fourth-order valence-corrected chi connectivity index (χ4v) is 2.05. The fourth-order valence-electron chi connectivity index (χ4n) is 2.05. The second-order valence-corrected chi connectivity index (χ2v) is 4.65. The van der Waals surface area contributed by atoms with Gasteiger partial charge in [-0.05, 0) is 18.9 Å². The molecule has 0 amide bonds. The van der Waals surface area contributed by atoms with Crippen molar-refractivity contribution in [1.29, 1.82) is 0 Å². The van der Waals surface area contributed by atoms with Gasteiger partial charge in [-0.15, -0.1) is 10.2 Å². The van der Waals surface area contributed by atoms with Crippen molar-refractivity contribution in [2.24, 2.45) is 5.84 Å². The second-order valence-electron chi connectivity index (χ2n) is 4.65. The molecule has 0 atom stereocenters. The third-order valence-corrected chi connectivity index (χ3v) is 2.93. The molecule has 0 aliphatic rings. The summed E-state index contributed by atoms with van der Waals surface area (Å²) in [7, 11) is 1.54. The number of anilines is 1. The quantitative estimate of drug-likeness (QED) is 0.646. The van der Waals surface area contributed by atoms with E-state index in [1.54, 1.807) is 12.1 Å². The maximum absolute atomic E-state index is 5.55. The lowest BCUT2D eigenvalue weighted by atomic mass is 10.0. The summed E-state index contributed by atoms with van der Waals surface area (Å²) in [5.41, 5.74) is 5.07. The summed E-state index contributed by atoms with van der Waals surface area (Å²) in [5, 5.41) is 7.95. The zero-order valence-corrected chi connectivity index (χ0v) is 12.0. The number of hydrazine groups is 1. The van der Waals surface area contributed by atoms with Crippen LogP contribution in [0.2, 0.25) is 0 Å². The van der Waals surface area contributed by atoms with Crippen LogP contribution in [0, 0.1) is 6.92 Å². The van der Waals surface area contributed by atoms with Crippen LogP contribution in [0.4, 0.5) is 5.82 Å². The van der Waals surface area contributed by atoms with E-state index < -0.39 is 0 Å². The van der Waals surface area contributed by atoms with E-state index in [9.17, 15) is 0 Å². The molecule has 0 saturated carbocycles. The Balaban J connectivity index is 2.49. The molecule has 0 spiro atoms. The molecule has 20 heavy (non-hydrogen) atoms. The number of rotatable bonds is 4. The number of aryl methyl sites for hydroxylation is 1. The Kier molecular flexibility index (Phi) is 4.09. The topological polar surface area (TPSA) is 98.8 Å². The molecule has 3 N–H and O–H groups in total. The molecular weight excluding hydrogens is 256 g/mol. The highest BCUT2D eigenvalue weighted by Gasteiger charge is 2.15. The number of nitrogen functional groups attached to an aromatic ring is 1. The first-order valence-corrected chi connectivity index (χ1v) is 6.30. The summed E-state index contributed by atoms with van der Waals surface area (Å²) < 4.78 is 4.98. The van der Waals surface area contributed by atoms with Gasteiger partial charge in [-0.3, -0.25) is 0 Å². The summed E-state index contributed by atoms with van der Waals surface area (Å²) in [4.78, 5) is 8.89. The maximum atomic E-state index is 5.55. The molecule has 0 aliphatic carbocycles. The van der Waals surface area contributed by atoms with Gasteiger partial charge in [-0.2, -0.15) is 0 Å². The second kappa shape index (κ2) is 5.79. The summed E-state index contributed by atoms with van der Waals surface area (Å²) in [5.74, 6) is 7.37. The Bertz CT molecular complexity index is 597.